The number of para-hydroxylation sites is 1. The van der Waals surface area contributed by atoms with Crippen LogP contribution in [0.2, 0.25) is 0 Å². The van der Waals surface area contributed by atoms with Crippen LogP contribution < -0.4 is 4.74 Å². The van der Waals surface area contributed by atoms with Crippen molar-refractivity contribution in [1.82, 2.24) is 4.90 Å². The van der Waals surface area contributed by atoms with Crippen molar-refractivity contribution in [3.8, 4) is 5.75 Å². The van der Waals surface area contributed by atoms with Crippen LogP contribution in [0, 0.1) is 5.92 Å². The van der Waals surface area contributed by atoms with Gasteiger partial charge < -0.3 is 9.64 Å². The molecule has 1 fully saturated rings. The number of ether oxygens (including phenoxy) is 1. The number of nitrogens with zero attached hydrogens (tertiary/aromatic N) is 1. The minimum absolute atomic E-state index is 0.0657. The van der Waals surface area contributed by atoms with Crippen molar-refractivity contribution in [3.05, 3.63) is 30.3 Å². The van der Waals surface area contributed by atoms with E-state index in [1.165, 1.54) is 0 Å². The molecule has 1 aliphatic heterocycles. The Morgan fingerprint density at radius 3 is 2.89 bits per heavy atom. The highest BCUT2D eigenvalue weighted by Crippen LogP contribution is 2.20. The molecular formula is C14H18ClNO2. The van der Waals surface area contributed by atoms with Crippen molar-refractivity contribution in [2.24, 2.45) is 5.92 Å². The highest BCUT2D eigenvalue weighted by Gasteiger charge is 2.25. The number of rotatable bonds is 5. The second-order valence-electron chi connectivity index (χ2n) is 4.57. The minimum Gasteiger partial charge on any atom is -0.484 e. The molecule has 0 bridgehead atoms. The number of benzene rings is 1. The molecule has 0 N–H and O–H groups in total. The van der Waals surface area contributed by atoms with E-state index in [0.29, 0.717) is 11.8 Å². The summed E-state index contributed by atoms with van der Waals surface area (Å²) in [7, 11) is 0. The van der Waals surface area contributed by atoms with Gasteiger partial charge >= 0.3 is 0 Å². The van der Waals surface area contributed by atoms with E-state index in [-0.39, 0.29) is 12.5 Å². The molecule has 18 heavy (non-hydrogen) atoms. The van der Waals surface area contributed by atoms with Crippen LogP contribution in [0.1, 0.15) is 12.8 Å². The molecule has 1 unspecified atom stereocenters. The zero-order valence-electron chi connectivity index (χ0n) is 10.3. The van der Waals surface area contributed by atoms with Crippen molar-refractivity contribution < 1.29 is 9.53 Å². The highest BCUT2D eigenvalue weighted by molar-refractivity contribution is 6.17. The zero-order chi connectivity index (χ0) is 12.8. The van der Waals surface area contributed by atoms with Gasteiger partial charge in [0, 0.05) is 19.0 Å². The van der Waals surface area contributed by atoms with Crippen LogP contribution in [0.4, 0.5) is 0 Å². The smallest absolute Gasteiger partial charge is 0.260 e. The molecule has 1 amide bonds. The second-order valence-corrected chi connectivity index (χ2v) is 4.95. The Hall–Kier alpha value is -1.22. The summed E-state index contributed by atoms with van der Waals surface area (Å²) in [6.45, 7) is 1.78. The van der Waals surface area contributed by atoms with Gasteiger partial charge in [0.2, 0.25) is 0 Å². The van der Waals surface area contributed by atoms with E-state index in [2.05, 4.69) is 0 Å². The predicted molar refractivity (Wildman–Crippen MR) is 72.0 cm³/mol. The molecule has 1 heterocycles. The van der Waals surface area contributed by atoms with Gasteiger partial charge in [0.15, 0.2) is 6.61 Å². The summed E-state index contributed by atoms with van der Waals surface area (Å²) in [5, 5.41) is 0. The van der Waals surface area contributed by atoms with Gasteiger partial charge in [-0.15, -0.1) is 11.6 Å². The van der Waals surface area contributed by atoms with E-state index in [4.69, 9.17) is 16.3 Å². The number of likely N-dealkylation sites (tertiary alicyclic amines) is 1. The quantitative estimate of drug-likeness (QED) is 0.768. The molecule has 98 valence electrons. The van der Waals surface area contributed by atoms with Crippen molar-refractivity contribution >= 4 is 17.5 Å². The molecule has 0 radical (unpaired) electrons. The van der Waals surface area contributed by atoms with Crippen LogP contribution in [0.15, 0.2) is 30.3 Å². The molecule has 1 aliphatic rings. The number of amides is 1. The topological polar surface area (TPSA) is 29.5 Å². The molecule has 1 atom stereocenters. The Balaban J connectivity index is 1.76. The average Bonchev–Trinajstić information content (AvgIpc) is 2.86. The van der Waals surface area contributed by atoms with E-state index in [0.717, 1.165) is 31.7 Å². The maximum absolute atomic E-state index is 11.9. The number of hydrogen-bond donors (Lipinski definition) is 0. The number of carbonyl (C=O) groups is 1. The first-order valence-electron chi connectivity index (χ1n) is 6.31. The van der Waals surface area contributed by atoms with Crippen molar-refractivity contribution in [2.45, 2.75) is 12.8 Å². The van der Waals surface area contributed by atoms with Crippen LogP contribution in [0.25, 0.3) is 0 Å². The second kappa shape index (κ2) is 6.64. The lowest BCUT2D eigenvalue weighted by Crippen LogP contribution is -2.33. The summed E-state index contributed by atoms with van der Waals surface area (Å²) in [6, 6.07) is 9.42. The van der Waals surface area contributed by atoms with Gasteiger partial charge in [-0.25, -0.2) is 0 Å². The number of hydrogen-bond acceptors (Lipinski definition) is 2. The maximum Gasteiger partial charge on any atom is 0.260 e. The molecule has 0 aliphatic carbocycles. The molecule has 3 nitrogen and oxygen atoms in total. The number of carbonyl (C=O) groups excluding carboxylic acids is 1. The Morgan fingerprint density at radius 1 is 1.39 bits per heavy atom. The Labute approximate surface area is 113 Å². The van der Waals surface area contributed by atoms with Gasteiger partial charge in [0.25, 0.3) is 5.91 Å². The third-order valence-electron chi connectivity index (χ3n) is 3.26. The molecule has 0 aromatic heterocycles. The predicted octanol–water partition coefficient (Wildman–Crippen LogP) is 2.54. The lowest BCUT2D eigenvalue weighted by Gasteiger charge is -2.16. The maximum atomic E-state index is 11.9. The monoisotopic (exact) mass is 267 g/mol. The summed E-state index contributed by atoms with van der Waals surface area (Å²) in [5.74, 6) is 2.04. The van der Waals surface area contributed by atoms with Crippen LogP contribution >= 0.6 is 11.6 Å². The zero-order valence-corrected chi connectivity index (χ0v) is 11.1. The molecule has 1 aromatic carbocycles. The Morgan fingerprint density at radius 2 is 2.17 bits per heavy atom. The van der Waals surface area contributed by atoms with E-state index < -0.39 is 0 Å². The van der Waals surface area contributed by atoms with Gasteiger partial charge in [-0.05, 0) is 30.9 Å². The summed E-state index contributed by atoms with van der Waals surface area (Å²) in [4.78, 5) is 13.8. The van der Waals surface area contributed by atoms with Gasteiger partial charge in [0.05, 0.1) is 0 Å². The van der Waals surface area contributed by atoms with Crippen LogP contribution in [0.3, 0.4) is 0 Å². The molecule has 1 saturated heterocycles. The molecule has 4 heteroatoms. The van der Waals surface area contributed by atoms with Gasteiger partial charge in [-0.2, -0.15) is 0 Å². The average molecular weight is 268 g/mol. The normalized spacial score (nSPS) is 18.9. The Bertz CT molecular complexity index is 383. The van der Waals surface area contributed by atoms with Crippen molar-refractivity contribution in [1.29, 1.82) is 0 Å². The largest absolute Gasteiger partial charge is 0.484 e. The first-order valence-corrected chi connectivity index (χ1v) is 6.84. The lowest BCUT2D eigenvalue weighted by atomic mass is 10.1. The van der Waals surface area contributed by atoms with Gasteiger partial charge in [-0.1, -0.05) is 18.2 Å². The first kappa shape index (κ1) is 13.2. The lowest BCUT2D eigenvalue weighted by molar-refractivity contribution is -0.132. The number of halogens is 1. The Kier molecular flexibility index (Phi) is 4.88. The summed E-state index contributed by atoms with van der Waals surface area (Å²) in [6.07, 6.45) is 2.05. The van der Waals surface area contributed by atoms with Crippen LogP contribution in [-0.2, 0) is 4.79 Å². The summed E-state index contributed by atoms with van der Waals surface area (Å²) < 4.78 is 5.46. The standard InChI is InChI=1S/C14H18ClNO2/c15-8-6-12-7-9-16(10-12)14(17)11-18-13-4-2-1-3-5-13/h1-5,12H,6-11H2. The van der Waals surface area contributed by atoms with Crippen molar-refractivity contribution in [3.63, 3.8) is 0 Å². The van der Waals surface area contributed by atoms with Gasteiger partial charge in [-0.3, -0.25) is 4.79 Å². The van der Waals surface area contributed by atoms with E-state index >= 15 is 0 Å². The highest BCUT2D eigenvalue weighted by atomic mass is 35.5. The van der Waals surface area contributed by atoms with Crippen LogP contribution in [-0.4, -0.2) is 36.4 Å². The van der Waals surface area contributed by atoms with E-state index in [9.17, 15) is 4.79 Å². The molecular weight excluding hydrogens is 250 g/mol. The molecule has 2 rings (SSSR count). The number of alkyl halides is 1. The SMILES string of the molecule is O=C(COc1ccccc1)N1CCC(CCCl)C1. The fraction of sp³-hybridized carbons (Fsp3) is 0.500. The molecule has 0 spiro atoms. The molecule has 0 saturated carbocycles. The minimum atomic E-state index is 0.0657. The van der Waals surface area contributed by atoms with E-state index in [1.54, 1.807) is 0 Å². The van der Waals surface area contributed by atoms with E-state index in [1.807, 2.05) is 35.2 Å². The summed E-state index contributed by atoms with van der Waals surface area (Å²) >= 11 is 5.72. The van der Waals surface area contributed by atoms with Gasteiger partial charge in [0.1, 0.15) is 5.75 Å². The van der Waals surface area contributed by atoms with Crippen molar-refractivity contribution in [2.75, 3.05) is 25.6 Å². The third-order valence-corrected chi connectivity index (χ3v) is 3.48. The first-order chi connectivity index (χ1) is 8.79. The fourth-order valence-corrected chi connectivity index (χ4v) is 2.51. The third kappa shape index (κ3) is 3.64. The summed E-state index contributed by atoms with van der Waals surface area (Å²) in [5.41, 5.74) is 0. The molecule has 1 aromatic rings. The fourth-order valence-electron chi connectivity index (χ4n) is 2.20. The van der Waals surface area contributed by atoms with Crippen LogP contribution in [0.5, 0.6) is 5.75 Å².